The molecule has 7 heteroatoms. The third-order valence-electron chi connectivity index (χ3n) is 5.75. The molecule has 2 aliphatic rings. The molecule has 0 atom stereocenters. The number of carboxylic acids is 1. The van der Waals surface area contributed by atoms with Gasteiger partial charge in [-0.2, -0.15) is 0 Å². The van der Waals surface area contributed by atoms with Crippen molar-refractivity contribution in [3.8, 4) is 0 Å². The Morgan fingerprint density at radius 3 is 2.67 bits per heavy atom. The Morgan fingerprint density at radius 2 is 2.04 bits per heavy atom. The van der Waals surface area contributed by atoms with E-state index in [2.05, 4.69) is 4.90 Å². The Kier molecular flexibility index (Phi) is 4.70. The van der Waals surface area contributed by atoms with Crippen LogP contribution < -0.4 is 0 Å². The molecule has 0 amide bonds. The fourth-order valence-electron chi connectivity index (χ4n) is 4.16. The molecule has 4 rings (SSSR count). The first-order valence-corrected chi connectivity index (χ1v) is 10.1. The first kappa shape index (κ1) is 18.4. The van der Waals surface area contributed by atoms with Gasteiger partial charge in [-0.3, -0.25) is 9.69 Å². The number of fused-ring (bicyclic) bond motifs is 2. The van der Waals surface area contributed by atoms with E-state index in [0.29, 0.717) is 11.5 Å². The SMILES string of the molecule is CC(=O)c1cc(CN2CCC3(CC2)OCCc2cc(C(=O)O)sc23)n(C)c1. The summed E-state index contributed by atoms with van der Waals surface area (Å²) in [6.45, 7) is 4.83. The Morgan fingerprint density at radius 1 is 1.30 bits per heavy atom. The highest BCUT2D eigenvalue weighted by Crippen LogP contribution is 2.45. The monoisotopic (exact) mass is 388 g/mol. The van der Waals surface area contributed by atoms with E-state index in [0.717, 1.165) is 60.6 Å². The molecule has 1 saturated heterocycles. The van der Waals surface area contributed by atoms with E-state index in [-0.39, 0.29) is 11.4 Å². The van der Waals surface area contributed by atoms with Gasteiger partial charge in [0.2, 0.25) is 0 Å². The van der Waals surface area contributed by atoms with E-state index >= 15 is 0 Å². The number of aromatic carboxylic acids is 1. The molecule has 2 aromatic heterocycles. The predicted octanol–water partition coefficient (Wildman–Crippen LogP) is 3.05. The van der Waals surface area contributed by atoms with Gasteiger partial charge in [-0.15, -0.1) is 11.3 Å². The summed E-state index contributed by atoms with van der Waals surface area (Å²) in [5.74, 6) is -0.767. The van der Waals surface area contributed by atoms with Crippen LogP contribution in [0.5, 0.6) is 0 Å². The maximum Gasteiger partial charge on any atom is 0.345 e. The molecule has 6 nitrogen and oxygen atoms in total. The lowest BCUT2D eigenvalue weighted by molar-refractivity contribution is -0.0962. The highest BCUT2D eigenvalue weighted by molar-refractivity contribution is 7.14. The first-order valence-electron chi connectivity index (χ1n) is 9.27. The van der Waals surface area contributed by atoms with Gasteiger partial charge in [0, 0.05) is 49.0 Å². The van der Waals surface area contributed by atoms with Gasteiger partial charge in [-0.1, -0.05) is 0 Å². The Balaban J connectivity index is 1.48. The summed E-state index contributed by atoms with van der Waals surface area (Å²) in [5, 5.41) is 9.33. The standard InChI is InChI=1S/C20H24N2O4S/c1-13(23)15-9-16(21(2)11-15)12-22-6-4-20(5-7-22)18-14(3-8-26-20)10-17(27-18)19(24)25/h9-11H,3-8,12H2,1-2H3,(H,24,25). The molecule has 2 aliphatic heterocycles. The molecule has 2 aromatic rings. The number of hydrogen-bond acceptors (Lipinski definition) is 5. The molecule has 0 radical (unpaired) electrons. The lowest BCUT2D eigenvalue weighted by Crippen LogP contribution is -2.45. The van der Waals surface area contributed by atoms with Crippen molar-refractivity contribution in [1.29, 1.82) is 0 Å². The second-order valence-electron chi connectivity index (χ2n) is 7.53. The van der Waals surface area contributed by atoms with E-state index in [9.17, 15) is 14.7 Å². The zero-order valence-electron chi connectivity index (χ0n) is 15.7. The molecular formula is C20H24N2O4S. The molecule has 0 unspecified atom stereocenters. The average molecular weight is 388 g/mol. The van der Waals surface area contributed by atoms with Gasteiger partial charge < -0.3 is 14.4 Å². The van der Waals surface area contributed by atoms with Crippen molar-refractivity contribution in [3.63, 3.8) is 0 Å². The summed E-state index contributed by atoms with van der Waals surface area (Å²) >= 11 is 1.38. The lowest BCUT2D eigenvalue weighted by atomic mass is 9.85. The predicted molar refractivity (Wildman–Crippen MR) is 103 cm³/mol. The summed E-state index contributed by atoms with van der Waals surface area (Å²) in [6, 6.07) is 3.80. The van der Waals surface area contributed by atoms with E-state index in [1.54, 1.807) is 6.92 Å². The van der Waals surface area contributed by atoms with Crippen LogP contribution >= 0.6 is 11.3 Å². The van der Waals surface area contributed by atoms with Crippen molar-refractivity contribution in [1.82, 2.24) is 9.47 Å². The molecule has 4 heterocycles. The van der Waals surface area contributed by atoms with Gasteiger partial charge in [0.25, 0.3) is 0 Å². The highest BCUT2D eigenvalue weighted by atomic mass is 32.1. The Bertz CT molecular complexity index is 890. The molecular weight excluding hydrogens is 364 g/mol. The van der Waals surface area contributed by atoms with Crippen LogP contribution in [0.1, 0.15) is 55.9 Å². The first-order chi connectivity index (χ1) is 12.9. The van der Waals surface area contributed by atoms with Gasteiger partial charge >= 0.3 is 5.97 Å². The summed E-state index contributed by atoms with van der Waals surface area (Å²) < 4.78 is 8.25. The number of ether oxygens (including phenoxy) is 1. The number of likely N-dealkylation sites (tertiary alicyclic amines) is 1. The molecule has 0 saturated carbocycles. The molecule has 27 heavy (non-hydrogen) atoms. The molecule has 0 bridgehead atoms. The smallest absolute Gasteiger partial charge is 0.345 e. The Labute approximate surface area is 162 Å². The van der Waals surface area contributed by atoms with Crippen molar-refractivity contribution in [2.75, 3.05) is 19.7 Å². The number of thiophene rings is 1. The number of Topliss-reactive ketones (excluding diaryl/α,β-unsaturated/α-hetero) is 1. The van der Waals surface area contributed by atoms with Gasteiger partial charge in [-0.25, -0.2) is 4.79 Å². The number of ketones is 1. The normalized spacial score (nSPS) is 19.2. The summed E-state index contributed by atoms with van der Waals surface area (Å²) in [6.07, 6.45) is 4.41. The molecule has 1 fully saturated rings. The van der Waals surface area contributed by atoms with Gasteiger partial charge in [-0.05, 0) is 43.9 Å². The minimum atomic E-state index is -0.855. The maximum absolute atomic E-state index is 11.6. The number of aryl methyl sites for hydroxylation is 1. The highest BCUT2D eigenvalue weighted by Gasteiger charge is 2.42. The number of carboxylic acid groups (broad SMARTS) is 1. The third kappa shape index (κ3) is 3.35. The number of rotatable bonds is 4. The summed E-state index contributed by atoms with van der Waals surface area (Å²) in [4.78, 5) is 26.9. The van der Waals surface area contributed by atoms with Crippen LogP contribution in [0.3, 0.4) is 0 Å². The van der Waals surface area contributed by atoms with Crippen molar-refractivity contribution < 1.29 is 19.4 Å². The summed E-state index contributed by atoms with van der Waals surface area (Å²) in [5.41, 5.74) is 2.69. The van der Waals surface area contributed by atoms with E-state index in [1.165, 1.54) is 11.3 Å². The molecule has 1 spiro atoms. The average Bonchev–Trinajstić information content (AvgIpc) is 3.23. The van der Waals surface area contributed by atoms with Crippen LogP contribution in [-0.4, -0.2) is 46.0 Å². The minimum Gasteiger partial charge on any atom is -0.477 e. The lowest BCUT2D eigenvalue weighted by Gasteiger charge is -2.43. The van der Waals surface area contributed by atoms with E-state index in [1.807, 2.05) is 29.9 Å². The topological polar surface area (TPSA) is 71.8 Å². The second-order valence-corrected chi connectivity index (χ2v) is 8.58. The van der Waals surface area contributed by atoms with Crippen LogP contribution in [0, 0.1) is 0 Å². The van der Waals surface area contributed by atoms with Gasteiger partial charge in [0.05, 0.1) is 6.61 Å². The number of aromatic nitrogens is 1. The Hall–Kier alpha value is -1.96. The van der Waals surface area contributed by atoms with Gasteiger partial charge in [0.1, 0.15) is 10.5 Å². The maximum atomic E-state index is 11.6. The fraction of sp³-hybridized carbons (Fsp3) is 0.500. The fourth-order valence-corrected chi connectivity index (χ4v) is 5.41. The number of carbonyl (C=O) groups excluding carboxylic acids is 1. The zero-order chi connectivity index (χ0) is 19.2. The van der Waals surface area contributed by atoms with Crippen molar-refractivity contribution in [3.05, 3.63) is 44.9 Å². The molecule has 0 aliphatic carbocycles. The number of nitrogens with zero attached hydrogens (tertiary/aromatic N) is 2. The minimum absolute atomic E-state index is 0.0875. The van der Waals surface area contributed by atoms with Crippen LogP contribution in [0.15, 0.2) is 18.3 Å². The van der Waals surface area contributed by atoms with Crippen molar-refractivity contribution in [2.45, 2.75) is 38.3 Å². The van der Waals surface area contributed by atoms with Crippen LogP contribution in [0.2, 0.25) is 0 Å². The van der Waals surface area contributed by atoms with Crippen LogP contribution in [-0.2, 0) is 30.4 Å². The largest absolute Gasteiger partial charge is 0.477 e. The number of hydrogen-bond donors (Lipinski definition) is 1. The molecule has 1 N–H and O–H groups in total. The zero-order valence-corrected chi connectivity index (χ0v) is 16.5. The van der Waals surface area contributed by atoms with Crippen molar-refractivity contribution in [2.24, 2.45) is 7.05 Å². The second kappa shape index (κ2) is 6.89. The molecule has 0 aromatic carbocycles. The number of piperidine rings is 1. The van der Waals surface area contributed by atoms with Crippen LogP contribution in [0.25, 0.3) is 0 Å². The van der Waals surface area contributed by atoms with Gasteiger partial charge in [0.15, 0.2) is 5.78 Å². The van der Waals surface area contributed by atoms with Crippen molar-refractivity contribution >= 4 is 23.1 Å². The van der Waals surface area contributed by atoms with E-state index < -0.39 is 5.97 Å². The van der Waals surface area contributed by atoms with E-state index in [4.69, 9.17) is 4.74 Å². The van der Waals surface area contributed by atoms with Crippen LogP contribution in [0.4, 0.5) is 0 Å². The quantitative estimate of drug-likeness (QED) is 0.815. The summed E-state index contributed by atoms with van der Waals surface area (Å²) in [7, 11) is 1.98. The third-order valence-corrected chi connectivity index (χ3v) is 7.10. The molecule has 144 valence electrons. The number of carbonyl (C=O) groups is 2.